The van der Waals surface area contributed by atoms with E-state index in [1.807, 2.05) is 0 Å². The molecule has 0 radical (unpaired) electrons. The number of hydrogen-bond donors (Lipinski definition) is 1. The van der Waals surface area contributed by atoms with Gasteiger partial charge in [0.1, 0.15) is 5.82 Å². The van der Waals surface area contributed by atoms with Gasteiger partial charge in [-0.15, -0.1) is 0 Å². The molecule has 152 valence electrons. The van der Waals surface area contributed by atoms with Gasteiger partial charge in [-0.1, -0.05) is 6.07 Å². The van der Waals surface area contributed by atoms with E-state index >= 15 is 0 Å². The van der Waals surface area contributed by atoms with Crippen LogP contribution >= 0.6 is 0 Å². The molecular weight excluding hydrogens is 383 g/mol. The first-order chi connectivity index (χ1) is 13.1. The van der Waals surface area contributed by atoms with Gasteiger partial charge < -0.3 is 4.90 Å². The number of rotatable bonds is 4. The zero-order valence-electron chi connectivity index (χ0n) is 16.2. The Labute approximate surface area is 164 Å². The van der Waals surface area contributed by atoms with E-state index in [2.05, 4.69) is 10.4 Å². The van der Waals surface area contributed by atoms with E-state index in [-0.39, 0.29) is 16.8 Å². The average molecular weight is 408 g/mol. The van der Waals surface area contributed by atoms with E-state index in [0.29, 0.717) is 31.7 Å². The zero-order chi connectivity index (χ0) is 20.5. The second kappa shape index (κ2) is 7.54. The number of likely N-dealkylation sites (tertiary alicyclic amines) is 1. The number of carbonyl (C=O) groups is 1. The molecule has 0 atom stereocenters. The first kappa shape index (κ1) is 20.3. The van der Waals surface area contributed by atoms with Gasteiger partial charge in [0, 0.05) is 32.4 Å². The molecule has 28 heavy (non-hydrogen) atoms. The molecule has 0 saturated carbocycles. The summed E-state index contributed by atoms with van der Waals surface area (Å²) in [6, 6.07) is 6.58. The molecule has 1 N–H and O–H groups in total. The number of amides is 2. The maximum absolute atomic E-state index is 13.5. The number of nitrogens with one attached hydrogen (secondary N) is 1. The fourth-order valence-electron chi connectivity index (χ4n) is 3.61. The molecule has 1 fully saturated rings. The lowest BCUT2D eigenvalue weighted by atomic mass is 9.86. The van der Waals surface area contributed by atoms with Crippen molar-refractivity contribution in [2.75, 3.05) is 18.4 Å². The molecule has 7 nitrogen and oxygen atoms in total. The summed E-state index contributed by atoms with van der Waals surface area (Å²) in [6.45, 7) is 4.26. The first-order valence-electron chi connectivity index (χ1n) is 9.17. The molecule has 2 amide bonds. The van der Waals surface area contributed by atoms with Gasteiger partial charge in [0.05, 0.1) is 9.64 Å². The van der Waals surface area contributed by atoms with Crippen LogP contribution in [0.25, 0.3) is 0 Å². The molecule has 1 aromatic heterocycles. The lowest BCUT2D eigenvalue weighted by Gasteiger charge is -2.40. The van der Waals surface area contributed by atoms with Crippen molar-refractivity contribution in [3.8, 4) is 0 Å². The Bertz CT molecular complexity index is 963. The monoisotopic (exact) mass is 408 g/mol. The third-order valence-corrected chi connectivity index (χ3v) is 8.11. The number of nitrogens with zero attached hydrogens (tertiary/aromatic N) is 3. The molecule has 1 aliphatic rings. The predicted molar refractivity (Wildman–Crippen MR) is 104 cm³/mol. The van der Waals surface area contributed by atoms with Crippen molar-refractivity contribution >= 4 is 21.7 Å². The van der Waals surface area contributed by atoms with Crippen LogP contribution in [-0.4, -0.2) is 47.0 Å². The first-order valence-corrected chi connectivity index (χ1v) is 10.7. The molecule has 0 bridgehead atoms. The summed E-state index contributed by atoms with van der Waals surface area (Å²) < 4.78 is 40.2. The second-order valence-electron chi connectivity index (χ2n) is 7.63. The summed E-state index contributed by atoms with van der Waals surface area (Å²) in [5.41, 5.74) is 0. The van der Waals surface area contributed by atoms with Crippen LogP contribution in [-0.2, 0) is 16.9 Å². The summed E-state index contributed by atoms with van der Waals surface area (Å²) in [5, 5.41) is 6.86. The Hall–Kier alpha value is -2.42. The van der Waals surface area contributed by atoms with Crippen LogP contribution in [0.5, 0.6) is 0 Å². The maximum atomic E-state index is 13.5. The van der Waals surface area contributed by atoms with Crippen molar-refractivity contribution in [2.45, 2.75) is 36.3 Å². The maximum Gasteiger partial charge on any atom is 0.323 e. The van der Waals surface area contributed by atoms with E-state index in [0.717, 1.165) is 6.07 Å². The molecule has 1 aromatic carbocycles. The van der Waals surface area contributed by atoms with Crippen LogP contribution in [0, 0.1) is 11.7 Å². The van der Waals surface area contributed by atoms with E-state index in [1.54, 1.807) is 42.7 Å². The Kier molecular flexibility index (Phi) is 5.47. The molecule has 2 aromatic rings. The van der Waals surface area contributed by atoms with Crippen LogP contribution < -0.4 is 5.32 Å². The Morgan fingerprint density at radius 2 is 1.93 bits per heavy atom. The number of sulfone groups is 1. The fourth-order valence-corrected chi connectivity index (χ4v) is 5.41. The summed E-state index contributed by atoms with van der Waals surface area (Å²) in [4.78, 5) is 14.1. The summed E-state index contributed by atoms with van der Waals surface area (Å²) >= 11 is 0. The van der Waals surface area contributed by atoms with Crippen molar-refractivity contribution in [3.63, 3.8) is 0 Å². The van der Waals surface area contributed by atoms with Crippen LogP contribution in [0.1, 0.15) is 26.7 Å². The number of anilines is 1. The highest BCUT2D eigenvalue weighted by Crippen LogP contribution is 2.38. The molecular formula is C19H25FN4O3S. The van der Waals surface area contributed by atoms with Crippen molar-refractivity contribution in [3.05, 3.63) is 42.3 Å². The van der Waals surface area contributed by atoms with Crippen molar-refractivity contribution in [1.29, 1.82) is 0 Å². The zero-order valence-corrected chi connectivity index (χ0v) is 17.0. The van der Waals surface area contributed by atoms with Gasteiger partial charge in [-0.2, -0.15) is 5.10 Å². The number of carbonyl (C=O) groups excluding carboxylic acids is 1. The molecule has 3 rings (SSSR count). The molecule has 1 aliphatic heterocycles. The summed E-state index contributed by atoms with van der Waals surface area (Å²) in [5.74, 6) is -0.235. The number of aromatic nitrogens is 2. The summed E-state index contributed by atoms with van der Waals surface area (Å²) in [6.07, 6.45) is 2.84. The van der Waals surface area contributed by atoms with Crippen LogP contribution in [0.2, 0.25) is 0 Å². The molecule has 0 aliphatic carbocycles. The fraction of sp³-hybridized carbons (Fsp3) is 0.474. The highest BCUT2D eigenvalue weighted by atomic mass is 32.2. The number of benzene rings is 1. The van der Waals surface area contributed by atoms with Crippen LogP contribution in [0.15, 0.2) is 41.4 Å². The largest absolute Gasteiger partial charge is 0.324 e. The van der Waals surface area contributed by atoms with Gasteiger partial charge in [-0.25, -0.2) is 17.6 Å². The number of hydrogen-bond acceptors (Lipinski definition) is 4. The number of piperidine rings is 1. The Morgan fingerprint density at radius 1 is 1.25 bits per heavy atom. The van der Waals surface area contributed by atoms with Gasteiger partial charge in [0.2, 0.25) is 0 Å². The van der Waals surface area contributed by atoms with E-state index in [1.165, 1.54) is 18.2 Å². The SMILES string of the molecule is Cn1ccc(NC(=O)N2CCC(C(C)(C)S(=O)(=O)c3cccc(F)c3)CC2)n1. The minimum absolute atomic E-state index is 0.00664. The quantitative estimate of drug-likeness (QED) is 0.843. The lowest BCUT2D eigenvalue weighted by Crippen LogP contribution is -2.48. The third kappa shape index (κ3) is 3.89. The minimum atomic E-state index is -3.72. The second-order valence-corrected chi connectivity index (χ2v) is 10.2. The van der Waals surface area contributed by atoms with Gasteiger partial charge in [0.25, 0.3) is 0 Å². The van der Waals surface area contributed by atoms with E-state index in [9.17, 15) is 17.6 Å². The van der Waals surface area contributed by atoms with Gasteiger partial charge in [-0.05, 0) is 50.8 Å². The standard InChI is InChI=1S/C19H25FN4O3S/c1-19(2,28(26,27)16-6-4-5-15(20)13-16)14-7-11-24(12-8-14)18(25)21-17-9-10-23(3)22-17/h4-6,9-10,13-14H,7-8,11-12H2,1-3H3,(H,21,22,25). The van der Waals surface area contributed by atoms with Gasteiger partial charge in [-0.3, -0.25) is 10.00 Å². The minimum Gasteiger partial charge on any atom is -0.324 e. The number of urea groups is 1. The molecule has 9 heteroatoms. The highest BCUT2D eigenvalue weighted by Gasteiger charge is 2.44. The molecule has 0 unspecified atom stereocenters. The Balaban J connectivity index is 1.67. The van der Waals surface area contributed by atoms with E-state index in [4.69, 9.17) is 0 Å². The molecule has 0 spiro atoms. The van der Waals surface area contributed by atoms with Crippen LogP contribution in [0.3, 0.4) is 0 Å². The van der Waals surface area contributed by atoms with Crippen molar-refractivity contribution < 1.29 is 17.6 Å². The van der Waals surface area contributed by atoms with Crippen LogP contribution in [0.4, 0.5) is 15.0 Å². The smallest absolute Gasteiger partial charge is 0.323 e. The third-order valence-electron chi connectivity index (χ3n) is 5.51. The highest BCUT2D eigenvalue weighted by molar-refractivity contribution is 7.92. The van der Waals surface area contributed by atoms with Gasteiger partial charge >= 0.3 is 6.03 Å². The van der Waals surface area contributed by atoms with Crippen molar-refractivity contribution in [2.24, 2.45) is 13.0 Å². The normalized spacial score (nSPS) is 16.2. The van der Waals surface area contributed by atoms with Gasteiger partial charge in [0.15, 0.2) is 15.7 Å². The lowest BCUT2D eigenvalue weighted by molar-refractivity contribution is 0.171. The molecule has 1 saturated heterocycles. The average Bonchev–Trinajstić information content (AvgIpc) is 3.06. The Morgan fingerprint density at radius 3 is 2.50 bits per heavy atom. The number of aryl methyl sites for hydroxylation is 1. The topological polar surface area (TPSA) is 84.3 Å². The number of halogens is 1. The van der Waals surface area contributed by atoms with Crippen molar-refractivity contribution in [1.82, 2.24) is 14.7 Å². The summed E-state index contributed by atoms with van der Waals surface area (Å²) in [7, 11) is -1.95. The predicted octanol–water partition coefficient (Wildman–Crippen LogP) is 3.06. The van der Waals surface area contributed by atoms with E-state index < -0.39 is 20.4 Å². The molecule has 2 heterocycles.